The highest BCUT2D eigenvalue weighted by Gasteiger charge is 2.30. The molecule has 1 amide bonds. The van der Waals surface area contributed by atoms with E-state index in [9.17, 15) is 4.79 Å². The van der Waals surface area contributed by atoms with E-state index in [2.05, 4.69) is 14.9 Å². The molecule has 0 saturated carbocycles. The minimum absolute atomic E-state index is 0.125. The van der Waals surface area contributed by atoms with Crippen molar-refractivity contribution in [2.24, 2.45) is 0 Å². The Kier molecular flexibility index (Phi) is 5.63. The Morgan fingerprint density at radius 2 is 1.44 bits per heavy atom. The van der Waals surface area contributed by atoms with Crippen LogP contribution in [0.5, 0.6) is 5.75 Å². The predicted octanol–water partition coefficient (Wildman–Crippen LogP) is 2.62. The van der Waals surface area contributed by atoms with Crippen LogP contribution in [0.3, 0.4) is 0 Å². The zero-order valence-electron chi connectivity index (χ0n) is 15.5. The molecule has 142 valence electrons. The highest BCUT2D eigenvalue weighted by Crippen LogP contribution is 2.24. The average molecular weight is 366 g/mol. The third-order valence-corrected chi connectivity index (χ3v) is 5.62. The van der Waals surface area contributed by atoms with Crippen molar-refractivity contribution in [3.8, 4) is 5.75 Å². The largest absolute Gasteiger partial charge is 0.490 e. The summed E-state index contributed by atoms with van der Waals surface area (Å²) in [5.74, 6) is 1.03. The molecule has 0 radical (unpaired) electrons. The molecular weight excluding hydrogens is 340 g/mol. The van der Waals surface area contributed by atoms with Crippen molar-refractivity contribution in [3.63, 3.8) is 0 Å². The molecule has 0 N–H and O–H groups in total. The van der Waals surface area contributed by atoms with Gasteiger partial charge >= 0.3 is 0 Å². The van der Waals surface area contributed by atoms with Crippen molar-refractivity contribution in [2.45, 2.75) is 37.8 Å². The highest BCUT2D eigenvalue weighted by molar-refractivity contribution is 5.94. The molecule has 2 aromatic heterocycles. The van der Waals surface area contributed by atoms with E-state index in [-0.39, 0.29) is 12.0 Å². The number of nitrogens with zero attached hydrogens (tertiary/aromatic N) is 4. The van der Waals surface area contributed by atoms with Crippen molar-refractivity contribution in [3.05, 3.63) is 54.6 Å². The van der Waals surface area contributed by atoms with E-state index in [4.69, 9.17) is 4.74 Å². The topological polar surface area (TPSA) is 58.6 Å². The second-order valence-electron chi connectivity index (χ2n) is 7.30. The maximum atomic E-state index is 12.6. The molecule has 0 atom stereocenters. The first-order valence-electron chi connectivity index (χ1n) is 9.79. The second-order valence-corrected chi connectivity index (χ2v) is 7.30. The van der Waals surface area contributed by atoms with Gasteiger partial charge in [0.1, 0.15) is 11.9 Å². The number of ether oxygens (including phenoxy) is 1. The number of carbonyl (C=O) groups is 1. The van der Waals surface area contributed by atoms with Crippen molar-refractivity contribution < 1.29 is 9.53 Å². The fraction of sp³-hybridized carbons (Fsp3) is 0.476. The lowest BCUT2D eigenvalue weighted by Gasteiger charge is -2.41. The molecule has 4 rings (SSSR count). The van der Waals surface area contributed by atoms with Crippen molar-refractivity contribution in [1.82, 2.24) is 19.8 Å². The molecule has 0 bridgehead atoms. The van der Waals surface area contributed by atoms with Gasteiger partial charge in [-0.05, 0) is 49.9 Å². The van der Waals surface area contributed by atoms with Gasteiger partial charge in [-0.15, -0.1) is 0 Å². The van der Waals surface area contributed by atoms with Crippen LogP contribution in [0.1, 0.15) is 36.0 Å². The monoisotopic (exact) mass is 366 g/mol. The molecule has 2 fully saturated rings. The minimum Gasteiger partial charge on any atom is -0.490 e. The number of rotatable bonds is 4. The molecule has 2 aliphatic heterocycles. The van der Waals surface area contributed by atoms with E-state index in [1.54, 1.807) is 36.9 Å². The zero-order valence-corrected chi connectivity index (χ0v) is 15.5. The molecule has 6 nitrogen and oxygen atoms in total. The van der Waals surface area contributed by atoms with E-state index < -0.39 is 0 Å². The summed E-state index contributed by atoms with van der Waals surface area (Å²) >= 11 is 0. The molecule has 2 saturated heterocycles. The standard InChI is InChI=1S/C21H26N4O2/c26-21(17-1-9-22-10-2-17)25-13-5-18(6-14-25)24-15-7-20(8-16-24)27-19-3-11-23-12-4-19/h1-4,9-12,18,20H,5-8,13-16H2. The fourth-order valence-corrected chi connectivity index (χ4v) is 4.08. The number of hydrogen-bond acceptors (Lipinski definition) is 5. The number of amides is 1. The maximum absolute atomic E-state index is 12.6. The first-order valence-corrected chi connectivity index (χ1v) is 9.79. The molecule has 0 spiro atoms. The van der Waals surface area contributed by atoms with Crippen LogP contribution in [0.2, 0.25) is 0 Å². The van der Waals surface area contributed by atoms with Gasteiger partial charge in [0, 0.05) is 62.6 Å². The van der Waals surface area contributed by atoms with Gasteiger partial charge in [0.2, 0.25) is 0 Å². The summed E-state index contributed by atoms with van der Waals surface area (Å²) in [6.45, 7) is 3.80. The van der Waals surface area contributed by atoms with Gasteiger partial charge < -0.3 is 9.64 Å². The summed E-state index contributed by atoms with van der Waals surface area (Å²) in [6.07, 6.45) is 11.4. The first kappa shape index (κ1) is 17.9. The third kappa shape index (κ3) is 4.45. The normalized spacial score (nSPS) is 19.8. The van der Waals surface area contributed by atoms with Crippen LogP contribution >= 0.6 is 0 Å². The molecule has 27 heavy (non-hydrogen) atoms. The smallest absolute Gasteiger partial charge is 0.253 e. The van der Waals surface area contributed by atoms with Gasteiger partial charge in [-0.1, -0.05) is 0 Å². The Morgan fingerprint density at radius 3 is 2.07 bits per heavy atom. The number of hydrogen-bond donors (Lipinski definition) is 0. The lowest BCUT2D eigenvalue weighted by Crippen LogP contribution is -2.50. The quantitative estimate of drug-likeness (QED) is 0.833. The summed E-state index contributed by atoms with van der Waals surface area (Å²) in [4.78, 5) is 25.1. The SMILES string of the molecule is O=C(c1ccncc1)N1CCC(N2CCC(Oc3ccncc3)CC2)CC1. The minimum atomic E-state index is 0.125. The van der Waals surface area contributed by atoms with Gasteiger partial charge in [-0.3, -0.25) is 19.7 Å². The van der Waals surface area contributed by atoms with Crippen LogP contribution in [-0.4, -0.2) is 64.0 Å². The fourth-order valence-electron chi connectivity index (χ4n) is 4.08. The lowest BCUT2D eigenvalue weighted by molar-refractivity contribution is 0.0425. The Morgan fingerprint density at radius 1 is 0.852 bits per heavy atom. The van der Waals surface area contributed by atoms with E-state index in [0.29, 0.717) is 6.04 Å². The molecule has 2 aliphatic rings. The van der Waals surface area contributed by atoms with E-state index in [1.165, 1.54) is 0 Å². The van der Waals surface area contributed by atoms with Crippen molar-refractivity contribution >= 4 is 5.91 Å². The summed E-state index contributed by atoms with van der Waals surface area (Å²) in [7, 11) is 0. The lowest BCUT2D eigenvalue weighted by atomic mass is 9.98. The molecule has 0 aliphatic carbocycles. The summed E-state index contributed by atoms with van der Waals surface area (Å²) in [5, 5.41) is 0. The molecule has 0 aromatic carbocycles. The average Bonchev–Trinajstić information content (AvgIpc) is 2.75. The van der Waals surface area contributed by atoms with Crippen LogP contribution in [0, 0.1) is 0 Å². The molecule has 2 aromatic rings. The summed E-state index contributed by atoms with van der Waals surface area (Å²) < 4.78 is 6.06. The third-order valence-electron chi connectivity index (χ3n) is 5.62. The highest BCUT2D eigenvalue weighted by atomic mass is 16.5. The van der Waals surface area contributed by atoms with Gasteiger partial charge in [0.15, 0.2) is 0 Å². The van der Waals surface area contributed by atoms with E-state index in [0.717, 1.165) is 63.2 Å². The number of likely N-dealkylation sites (tertiary alicyclic amines) is 2. The van der Waals surface area contributed by atoms with Crippen LogP contribution in [-0.2, 0) is 0 Å². The number of pyridine rings is 2. The Balaban J connectivity index is 1.23. The summed E-state index contributed by atoms with van der Waals surface area (Å²) in [5.41, 5.74) is 0.734. The Hall–Kier alpha value is -2.47. The molecule has 6 heteroatoms. The molecule has 4 heterocycles. The number of aromatic nitrogens is 2. The summed E-state index contributed by atoms with van der Waals surface area (Å²) in [6, 6.07) is 8.00. The first-order chi connectivity index (χ1) is 13.3. The van der Waals surface area contributed by atoms with Crippen LogP contribution in [0.4, 0.5) is 0 Å². The van der Waals surface area contributed by atoms with E-state index >= 15 is 0 Å². The number of piperidine rings is 2. The number of carbonyl (C=O) groups excluding carboxylic acids is 1. The van der Waals surface area contributed by atoms with Crippen LogP contribution in [0.25, 0.3) is 0 Å². The maximum Gasteiger partial charge on any atom is 0.253 e. The predicted molar refractivity (Wildman–Crippen MR) is 103 cm³/mol. The van der Waals surface area contributed by atoms with Gasteiger partial charge in [0.25, 0.3) is 5.91 Å². The van der Waals surface area contributed by atoms with Gasteiger partial charge in [-0.25, -0.2) is 0 Å². The second kappa shape index (κ2) is 8.48. The van der Waals surface area contributed by atoms with Crippen molar-refractivity contribution in [2.75, 3.05) is 26.2 Å². The zero-order chi connectivity index (χ0) is 18.5. The van der Waals surface area contributed by atoms with Gasteiger partial charge in [-0.2, -0.15) is 0 Å². The molecule has 0 unspecified atom stereocenters. The van der Waals surface area contributed by atoms with Crippen LogP contribution < -0.4 is 4.74 Å². The van der Waals surface area contributed by atoms with Crippen LogP contribution in [0.15, 0.2) is 49.1 Å². The van der Waals surface area contributed by atoms with Crippen molar-refractivity contribution in [1.29, 1.82) is 0 Å². The van der Waals surface area contributed by atoms with Gasteiger partial charge in [0.05, 0.1) is 0 Å². The molecular formula is C21H26N4O2. The Labute approximate surface area is 160 Å². The Bertz CT molecular complexity index is 724. The van der Waals surface area contributed by atoms with E-state index in [1.807, 2.05) is 17.0 Å².